The van der Waals surface area contributed by atoms with E-state index >= 15 is 0 Å². The van der Waals surface area contributed by atoms with Crippen LogP contribution in [0.15, 0.2) is 64.4 Å². The molecule has 1 saturated heterocycles. The standard InChI is InChI=1S/C21H19F3N4O4S/c22-21(23,24)15-4-3-5-16(12-15)33(31,32)27-10-8-26(9-11-27)20(30)14-28-18-7-2-1-6-17(18)25-13-19(28)29/h1-7,12-13H,8-11,14H2. The lowest BCUT2D eigenvalue weighted by molar-refractivity contribution is -0.137. The van der Waals surface area contributed by atoms with E-state index < -0.39 is 32.2 Å². The van der Waals surface area contributed by atoms with Gasteiger partial charge in [0.25, 0.3) is 5.56 Å². The Kier molecular flexibility index (Phi) is 5.97. The normalized spacial score (nSPS) is 15.7. The van der Waals surface area contributed by atoms with Gasteiger partial charge >= 0.3 is 6.18 Å². The first-order chi connectivity index (χ1) is 15.6. The van der Waals surface area contributed by atoms with Crippen LogP contribution in [0.1, 0.15) is 5.56 Å². The summed E-state index contributed by atoms with van der Waals surface area (Å²) < 4.78 is 66.9. The second-order valence-electron chi connectivity index (χ2n) is 7.48. The SMILES string of the molecule is O=C(Cn1c(=O)cnc2ccccc21)N1CCN(S(=O)(=O)c2cccc(C(F)(F)F)c2)CC1. The molecule has 8 nitrogen and oxygen atoms in total. The second-order valence-corrected chi connectivity index (χ2v) is 9.42. The number of carbonyl (C=O) groups excluding carboxylic acids is 1. The van der Waals surface area contributed by atoms with Crippen molar-refractivity contribution in [2.75, 3.05) is 26.2 Å². The number of hydrogen-bond acceptors (Lipinski definition) is 5. The number of aromatic nitrogens is 2. The van der Waals surface area contributed by atoms with E-state index in [1.54, 1.807) is 24.3 Å². The smallest absolute Gasteiger partial charge is 0.338 e. The van der Waals surface area contributed by atoms with Crippen LogP contribution in [0.25, 0.3) is 11.0 Å². The Morgan fingerprint density at radius 2 is 1.70 bits per heavy atom. The molecule has 0 spiro atoms. The number of sulfonamides is 1. The van der Waals surface area contributed by atoms with Crippen molar-refractivity contribution in [2.45, 2.75) is 17.6 Å². The van der Waals surface area contributed by atoms with Gasteiger partial charge in [0.05, 0.1) is 27.7 Å². The molecule has 2 aromatic carbocycles. The number of halogens is 3. The van der Waals surface area contributed by atoms with E-state index in [1.165, 1.54) is 9.47 Å². The van der Waals surface area contributed by atoms with Gasteiger partial charge < -0.3 is 4.90 Å². The molecule has 4 rings (SSSR count). The molecule has 174 valence electrons. The number of amides is 1. The molecule has 0 radical (unpaired) electrons. The monoisotopic (exact) mass is 480 g/mol. The maximum atomic E-state index is 13.0. The third-order valence-corrected chi connectivity index (χ3v) is 7.33. The van der Waals surface area contributed by atoms with Crippen LogP contribution in [0, 0.1) is 0 Å². The number of hydrogen-bond donors (Lipinski definition) is 0. The summed E-state index contributed by atoms with van der Waals surface area (Å²) >= 11 is 0. The van der Waals surface area contributed by atoms with Gasteiger partial charge in [0.15, 0.2) is 0 Å². The minimum Gasteiger partial charge on any atom is -0.338 e. The lowest BCUT2D eigenvalue weighted by atomic mass is 10.2. The third kappa shape index (κ3) is 4.62. The zero-order valence-electron chi connectivity index (χ0n) is 17.2. The predicted molar refractivity (Wildman–Crippen MR) is 113 cm³/mol. The number of carbonyl (C=O) groups is 1. The molecule has 2 heterocycles. The first-order valence-electron chi connectivity index (χ1n) is 9.97. The summed E-state index contributed by atoms with van der Waals surface area (Å²) in [5.41, 5.74) is -0.425. The fraction of sp³-hybridized carbons (Fsp3) is 0.286. The van der Waals surface area contributed by atoms with Crippen molar-refractivity contribution >= 4 is 27.0 Å². The molecule has 0 saturated carbocycles. The number of nitrogens with zero attached hydrogens (tertiary/aromatic N) is 4. The predicted octanol–water partition coefficient (Wildman–Crippen LogP) is 1.95. The highest BCUT2D eigenvalue weighted by Gasteiger charge is 2.34. The maximum absolute atomic E-state index is 13.0. The first-order valence-corrected chi connectivity index (χ1v) is 11.4. The van der Waals surface area contributed by atoms with Crippen molar-refractivity contribution in [3.63, 3.8) is 0 Å². The van der Waals surface area contributed by atoms with Gasteiger partial charge in [-0.15, -0.1) is 0 Å². The summed E-state index contributed by atoms with van der Waals surface area (Å²) in [4.78, 5) is 30.1. The summed E-state index contributed by atoms with van der Waals surface area (Å²) in [6, 6.07) is 10.4. The highest BCUT2D eigenvalue weighted by Crippen LogP contribution is 2.31. The van der Waals surface area contributed by atoms with Crippen LogP contribution in [-0.4, -0.2) is 59.3 Å². The molecule has 0 atom stereocenters. The van der Waals surface area contributed by atoms with Crippen LogP contribution in [-0.2, 0) is 27.5 Å². The Hall–Kier alpha value is -3.25. The van der Waals surface area contributed by atoms with Crippen molar-refractivity contribution in [3.05, 3.63) is 70.6 Å². The summed E-state index contributed by atoms with van der Waals surface area (Å²) in [7, 11) is -4.16. The average molecular weight is 480 g/mol. The van der Waals surface area contributed by atoms with Crippen molar-refractivity contribution in [2.24, 2.45) is 0 Å². The van der Waals surface area contributed by atoms with E-state index in [-0.39, 0.29) is 38.6 Å². The van der Waals surface area contributed by atoms with E-state index in [2.05, 4.69) is 4.98 Å². The molecule has 0 N–H and O–H groups in total. The minimum atomic E-state index is -4.66. The molecule has 1 aliphatic heterocycles. The van der Waals surface area contributed by atoms with E-state index in [4.69, 9.17) is 0 Å². The van der Waals surface area contributed by atoms with E-state index in [0.29, 0.717) is 17.1 Å². The minimum absolute atomic E-state index is 0.0504. The Balaban J connectivity index is 1.47. The third-order valence-electron chi connectivity index (χ3n) is 5.44. The molecule has 33 heavy (non-hydrogen) atoms. The summed E-state index contributed by atoms with van der Waals surface area (Å²) in [6.45, 7) is -0.279. The van der Waals surface area contributed by atoms with Crippen LogP contribution in [0.4, 0.5) is 13.2 Å². The molecule has 1 aliphatic rings. The lowest BCUT2D eigenvalue weighted by Gasteiger charge is -2.34. The van der Waals surface area contributed by atoms with Gasteiger partial charge in [-0.05, 0) is 30.3 Å². The molecule has 0 aliphatic carbocycles. The number of para-hydroxylation sites is 2. The highest BCUT2D eigenvalue weighted by molar-refractivity contribution is 7.89. The van der Waals surface area contributed by atoms with Crippen LogP contribution < -0.4 is 5.56 Å². The first kappa shape index (κ1) is 22.9. The molecule has 3 aromatic rings. The number of piperazine rings is 1. The zero-order chi connectivity index (χ0) is 23.8. The lowest BCUT2D eigenvalue weighted by Crippen LogP contribution is -2.51. The summed E-state index contributed by atoms with van der Waals surface area (Å²) in [6.07, 6.45) is -3.53. The number of alkyl halides is 3. The molecular formula is C21H19F3N4O4S. The van der Waals surface area contributed by atoms with Gasteiger partial charge in [-0.25, -0.2) is 13.4 Å². The zero-order valence-corrected chi connectivity index (χ0v) is 18.0. The van der Waals surface area contributed by atoms with Gasteiger partial charge in [-0.1, -0.05) is 18.2 Å². The topological polar surface area (TPSA) is 92.6 Å². The average Bonchev–Trinajstić information content (AvgIpc) is 2.80. The van der Waals surface area contributed by atoms with Crippen molar-refractivity contribution in [1.29, 1.82) is 0 Å². The van der Waals surface area contributed by atoms with Crippen molar-refractivity contribution < 1.29 is 26.4 Å². The largest absolute Gasteiger partial charge is 0.416 e. The second kappa shape index (κ2) is 8.60. The number of benzene rings is 2. The van der Waals surface area contributed by atoms with E-state index in [1.807, 2.05) is 0 Å². The van der Waals surface area contributed by atoms with Crippen LogP contribution >= 0.6 is 0 Å². The van der Waals surface area contributed by atoms with Crippen molar-refractivity contribution in [1.82, 2.24) is 18.8 Å². The van der Waals surface area contributed by atoms with E-state index in [0.717, 1.165) is 28.7 Å². The number of fused-ring (bicyclic) bond motifs is 1. The van der Waals surface area contributed by atoms with Crippen LogP contribution in [0.2, 0.25) is 0 Å². The van der Waals surface area contributed by atoms with Crippen LogP contribution in [0.3, 0.4) is 0 Å². The maximum Gasteiger partial charge on any atom is 0.416 e. The Morgan fingerprint density at radius 3 is 2.39 bits per heavy atom. The fourth-order valence-electron chi connectivity index (χ4n) is 3.67. The Morgan fingerprint density at radius 1 is 1.00 bits per heavy atom. The molecule has 0 bridgehead atoms. The molecule has 12 heteroatoms. The summed E-state index contributed by atoms with van der Waals surface area (Å²) in [5.74, 6) is -0.371. The van der Waals surface area contributed by atoms with Gasteiger partial charge in [-0.2, -0.15) is 17.5 Å². The Bertz CT molecular complexity index is 1360. The van der Waals surface area contributed by atoms with Gasteiger partial charge in [0.2, 0.25) is 15.9 Å². The quantitative estimate of drug-likeness (QED) is 0.569. The van der Waals surface area contributed by atoms with Gasteiger partial charge in [-0.3, -0.25) is 14.2 Å². The fourth-order valence-corrected chi connectivity index (χ4v) is 5.14. The molecular weight excluding hydrogens is 461 g/mol. The number of rotatable bonds is 4. The summed E-state index contributed by atoms with van der Waals surface area (Å²) in [5, 5.41) is 0. The van der Waals surface area contributed by atoms with Crippen molar-refractivity contribution in [3.8, 4) is 0 Å². The van der Waals surface area contributed by atoms with Gasteiger partial charge in [0, 0.05) is 26.2 Å². The highest BCUT2D eigenvalue weighted by atomic mass is 32.2. The van der Waals surface area contributed by atoms with Crippen LogP contribution in [0.5, 0.6) is 0 Å². The Labute approximate surface area is 186 Å². The van der Waals surface area contributed by atoms with Gasteiger partial charge in [0.1, 0.15) is 6.54 Å². The molecule has 0 unspecified atom stereocenters. The van der Waals surface area contributed by atoms with E-state index in [9.17, 15) is 31.2 Å². The molecule has 1 aromatic heterocycles. The molecule has 1 fully saturated rings. The molecule has 1 amide bonds.